The minimum atomic E-state index is -0.391. The molecule has 8 nitrogen and oxygen atoms in total. The zero-order valence-corrected chi connectivity index (χ0v) is 15.9. The van der Waals surface area contributed by atoms with Crippen LogP contribution in [0.2, 0.25) is 0 Å². The number of para-hydroxylation sites is 1. The number of hydrogen-bond acceptors (Lipinski definition) is 6. The molecule has 0 spiro atoms. The summed E-state index contributed by atoms with van der Waals surface area (Å²) in [5, 5.41) is 0.441. The summed E-state index contributed by atoms with van der Waals surface area (Å²) < 4.78 is 6.39. The predicted octanol–water partition coefficient (Wildman–Crippen LogP) is 2.99. The highest BCUT2D eigenvalue weighted by atomic mass is 16.6. The van der Waals surface area contributed by atoms with Gasteiger partial charge in [0.25, 0.3) is 5.56 Å². The summed E-state index contributed by atoms with van der Waals surface area (Å²) >= 11 is 0. The summed E-state index contributed by atoms with van der Waals surface area (Å²) in [5.41, 5.74) is 9.18. The van der Waals surface area contributed by atoms with Crippen LogP contribution >= 0.6 is 0 Å². The van der Waals surface area contributed by atoms with Crippen LogP contribution in [0.15, 0.2) is 71.8 Å². The number of ether oxygens (including phenoxy) is 1. The Morgan fingerprint density at radius 1 is 0.933 bits per heavy atom. The molecule has 1 fully saturated rings. The number of pyridine rings is 1. The second kappa shape index (κ2) is 7.00. The lowest BCUT2D eigenvalue weighted by molar-refractivity contribution is 0.181. The molecule has 1 aliphatic heterocycles. The molecule has 0 aliphatic carbocycles. The lowest BCUT2D eigenvalue weighted by Crippen LogP contribution is -2.23. The number of amides is 1. The number of aromatic nitrogens is 3. The van der Waals surface area contributed by atoms with Gasteiger partial charge in [0.05, 0.1) is 35.0 Å². The van der Waals surface area contributed by atoms with Crippen molar-refractivity contribution >= 4 is 28.6 Å². The summed E-state index contributed by atoms with van der Waals surface area (Å²) in [6.45, 7) is 0.831. The van der Waals surface area contributed by atoms with Gasteiger partial charge in [-0.2, -0.15) is 0 Å². The van der Waals surface area contributed by atoms with E-state index in [1.54, 1.807) is 36.7 Å². The molecule has 0 radical (unpaired) electrons. The molecule has 1 amide bonds. The van der Waals surface area contributed by atoms with Gasteiger partial charge in [-0.15, -0.1) is 0 Å². The standard InChI is InChI=1S/C22H17N5O3/c23-21-25-19-7-6-14(11-18(19)20(28)27(21)16-4-2-1-3-5-16)15-10-17(13-24-12-15)26-8-9-30-22(26)29/h1-7,10-13H,8-9H2,(H2,23,25). The maximum Gasteiger partial charge on any atom is 0.414 e. The van der Waals surface area contributed by atoms with Crippen LogP contribution in [-0.2, 0) is 4.74 Å². The largest absolute Gasteiger partial charge is 0.447 e. The molecular weight excluding hydrogens is 382 g/mol. The van der Waals surface area contributed by atoms with E-state index in [4.69, 9.17) is 10.5 Å². The van der Waals surface area contributed by atoms with Crippen molar-refractivity contribution < 1.29 is 9.53 Å². The van der Waals surface area contributed by atoms with Crippen molar-refractivity contribution in [3.8, 4) is 16.8 Å². The third-order valence-electron chi connectivity index (χ3n) is 5.04. The Morgan fingerprint density at radius 2 is 1.77 bits per heavy atom. The molecule has 4 aromatic rings. The monoisotopic (exact) mass is 399 g/mol. The summed E-state index contributed by atoms with van der Waals surface area (Å²) in [6, 6.07) is 16.4. The molecular formula is C22H17N5O3. The zero-order chi connectivity index (χ0) is 20.7. The number of carbonyl (C=O) groups excluding carboxylic acids is 1. The van der Waals surface area contributed by atoms with Crippen molar-refractivity contribution in [1.82, 2.24) is 14.5 Å². The maximum atomic E-state index is 13.2. The second-order valence-electron chi connectivity index (χ2n) is 6.88. The molecule has 0 atom stereocenters. The quantitative estimate of drug-likeness (QED) is 0.568. The number of anilines is 2. The number of fused-ring (bicyclic) bond motifs is 1. The molecule has 0 saturated carbocycles. The molecule has 30 heavy (non-hydrogen) atoms. The lowest BCUT2D eigenvalue weighted by Gasteiger charge is -2.14. The van der Waals surface area contributed by atoms with Crippen LogP contribution in [0.4, 0.5) is 16.4 Å². The summed E-state index contributed by atoms with van der Waals surface area (Å²) in [7, 11) is 0. The molecule has 5 rings (SSSR count). The maximum absolute atomic E-state index is 13.2. The van der Waals surface area contributed by atoms with Gasteiger partial charge in [0.2, 0.25) is 5.95 Å². The summed E-state index contributed by atoms with van der Waals surface area (Å²) in [5.74, 6) is 0.127. The molecule has 3 heterocycles. The third-order valence-corrected chi connectivity index (χ3v) is 5.04. The van der Waals surface area contributed by atoms with Crippen LogP contribution in [-0.4, -0.2) is 33.8 Å². The Kier molecular flexibility index (Phi) is 4.17. The molecule has 0 bridgehead atoms. The van der Waals surface area contributed by atoms with E-state index in [1.807, 2.05) is 30.3 Å². The van der Waals surface area contributed by atoms with Gasteiger partial charge in [-0.05, 0) is 35.9 Å². The topological polar surface area (TPSA) is 103 Å². The highest BCUT2D eigenvalue weighted by Crippen LogP contribution is 2.27. The Bertz CT molecular complexity index is 1330. The van der Waals surface area contributed by atoms with Crippen LogP contribution in [0.5, 0.6) is 0 Å². The van der Waals surface area contributed by atoms with E-state index in [1.165, 1.54) is 9.47 Å². The van der Waals surface area contributed by atoms with E-state index >= 15 is 0 Å². The van der Waals surface area contributed by atoms with Crippen molar-refractivity contribution in [1.29, 1.82) is 0 Å². The first-order chi connectivity index (χ1) is 14.6. The Labute approximate surface area is 171 Å². The third kappa shape index (κ3) is 2.95. The van der Waals surface area contributed by atoms with E-state index in [2.05, 4.69) is 9.97 Å². The first kappa shape index (κ1) is 17.9. The predicted molar refractivity (Wildman–Crippen MR) is 114 cm³/mol. The minimum Gasteiger partial charge on any atom is -0.447 e. The van der Waals surface area contributed by atoms with Gasteiger partial charge < -0.3 is 10.5 Å². The smallest absolute Gasteiger partial charge is 0.414 e. The first-order valence-corrected chi connectivity index (χ1v) is 9.39. The number of nitrogens with zero attached hydrogens (tertiary/aromatic N) is 4. The molecule has 0 unspecified atom stereocenters. The highest BCUT2D eigenvalue weighted by molar-refractivity contribution is 5.91. The molecule has 2 aromatic carbocycles. The van der Waals surface area contributed by atoms with Gasteiger partial charge in [-0.1, -0.05) is 24.3 Å². The van der Waals surface area contributed by atoms with Crippen LogP contribution in [0.1, 0.15) is 0 Å². The van der Waals surface area contributed by atoms with Gasteiger partial charge in [-0.25, -0.2) is 14.3 Å². The Morgan fingerprint density at radius 3 is 2.53 bits per heavy atom. The van der Waals surface area contributed by atoms with E-state index < -0.39 is 6.09 Å². The van der Waals surface area contributed by atoms with Gasteiger partial charge in [0, 0.05) is 11.8 Å². The van der Waals surface area contributed by atoms with Crippen LogP contribution in [0, 0.1) is 0 Å². The summed E-state index contributed by atoms with van der Waals surface area (Å²) in [4.78, 5) is 35.2. The van der Waals surface area contributed by atoms with Crippen molar-refractivity contribution in [3.05, 3.63) is 77.3 Å². The van der Waals surface area contributed by atoms with Crippen molar-refractivity contribution in [2.45, 2.75) is 0 Å². The van der Waals surface area contributed by atoms with Gasteiger partial charge >= 0.3 is 6.09 Å². The Balaban J connectivity index is 1.64. The summed E-state index contributed by atoms with van der Waals surface area (Å²) in [6.07, 6.45) is 2.91. The van der Waals surface area contributed by atoms with Crippen LogP contribution < -0.4 is 16.2 Å². The van der Waals surface area contributed by atoms with Crippen molar-refractivity contribution in [3.63, 3.8) is 0 Å². The molecule has 2 N–H and O–H groups in total. The van der Waals surface area contributed by atoms with Crippen molar-refractivity contribution in [2.75, 3.05) is 23.8 Å². The van der Waals surface area contributed by atoms with E-state index in [0.717, 1.165) is 11.1 Å². The zero-order valence-electron chi connectivity index (χ0n) is 15.9. The van der Waals surface area contributed by atoms with Gasteiger partial charge in [0.15, 0.2) is 0 Å². The number of nitrogens with two attached hydrogens (primary N) is 1. The number of rotatable bonds is 3. The molecule has 2 aromatic heterocycles. The molecule has 1 saturated heterocycles. The van der Waals surface area contributed by atoms with E-state index in [-0.39, 0.29) is 11.5 Å². The van der Waals surface area contributed by atoms with Gasteiger partial charge in [-0.3, -0.25) is 14.7 Å². The fourth-order valence-corrected chi connectivity index (χ4v) is 3.57. The minimum absolute atomic E-state index is 0.127. The lowest BCUT2D eigenvalue weighted by atomic mass is 10.0. The number of hydrogen-bond donors (Lipinski definition) is 1. The van der Waals surface area contributed by atoms with E-state index in [9.17, 15) is 9.59 Å². The fraction of sp³-hybridized carbons (Fsp3) is 0.0909. The number of cyclic esters (lactones) is 1. The average molecular weight is 399 g/mol. The van der Waals surface area contributed by atoms with Gasteiger partial charge in [0.1, 0.15) is 6.61 Å². The number of nitrogen functional groups attached to an aromatic ring is 1. The first-order valence-electron chi connectivity index (χ1n) is 9.39. The normalized spacial score (nSPS) is 13.6. The fourth-order valence-electron chi connectivity index (χ4n) is 3.57. The number of carbonyl (C=O) groups is 1. The SMILES string of the molecule is Nc1nc2ccc(-c3cncc(N4CCOC4=O)c3)cc2c(=O)n1-c1ccccc1. The van der Waals surface area contributed by atoms with Crippen LogP contribution in [0.3, 0.4) is 0 Å². The molecule has 8 heteroatoms. The van der Waals surface area contributed by atoms with Crippen molar-refractivity contribution in [2.24, 2.45) is 0 Å². The highest BCUT2D eigenvalue weighted by Gasteiger charge is 2.24. The molecule has 1 aliphatic rings. The van der Waals surface area contributed by atoms with E-state index in [0.29, 0.717) is 35.4 Å². The Hall–Kier alpha value is -4.20. The average Bonchev–Trinajstić information content (AvgIpc) is 3.20. The molecule has 148 valence electrons. The second-order valence-corrected chi connectivity index (χ2v) is 6.88. The van der Waals surface area contributed by atoms with Crippen LogP contribution in [0.25, 0.3) is 27.7 Å². The number of benzene rings is 2.